The van der Waals surface area contributed by atoms with Crippen LogP contribution in [0.5, 0.6) is 5.75 Å². The summed E-state index contributed by atoms with van der Waals surface area (Å²) in [6.07, 6.45) is 0.546. The number of fused-ring (bicyclic) bond motifs is 1. The van der Waals surface area contributed by atoms with Crippen LogP contribution in [0.25, 0.3) is 10.8 Å². The molecule has 0 saturated carbocycles. The molecule has 27 heavy (non-hydrogen) atoms. The number of benzene rings is 3. The average Bonchev–Trinajstić information content (AvgIpc) is 3.27. The zero-order valence-electron chi connectivity index (χ0n) is 15.1. The summed E-state index contributed by atoms with van der Waals surface area (Å²) < 4.78 is 6.01. The monoisotopic (exact) mass is 375 g/mol. The van der Waals surface area contributed by atoms with E-state index < -0.39 is 5.60 Å². The van der Waals surface area contributed by atoms with Gasteiger partial charge in [0, 0.05) is 5.38 Å². The van der Waals surface area contributed by atoms with Crippen LogP contribution < -0.4 is 4.74 Å². The largest absolute Gasteiger partial charge is 0.489 e. The molecule has 0 aliphatic heterocycles. The van der Waals surface area contributed by atoms with Gasteiger partial charge >= 0.3 is 0 Å². The highest BCUT2D eigenvalue weighted by molar-refractivity contribution is 7.07. The molecular weight excluding hydrogens is 354 g/mol. The second kappa shape index (κ2) is 7.51. The minimum absolute atomic E-state index is 0.482. The Labute approximate surface area is 162 Å². The van der Waals surface area contributed by atoms with Crippen LogP contribution in [0.4, 0.5) is 0 Å². The van der Waals surface area contributed by atoms with Crippen molar-refractivity contribution in [2.45, 2.75) is 25.6 Å². The smallest absolute Gasteiger partial charge is 0.132 e. The normalized spacial score (nSPS) is 13.4. The van der Waals surface area contributed by atoms with E-state index in [4.69, 9.17) is 4.74 Å². The first-order valence-electron chi connectivity index (χ1n) is 9.01. The molecule has 1 aromatic heterocycles. The molecule has 136 valence electrons. The van der Waals surface area contributed by atoms with Gasteiger partial charge in [0.25, 0.3) is 0 Å². The van der Waals surface area contributed by atoms with E-state index in [1.807, 2.05) is 48.7 Å². The second-order valence-corrected chi connectivity index (χ2v) is 7.30. The molecular formula is C23H21NO2S. The van der Waals surface area contributed by atoms with E-state index in [0.29, 0.717) is 18.7 Å². The summed E-state index contributed by atoms with van der Waals surface area (Å²) >= 11 is 1.49. The maximum absolute atomic E-state index is 11.2. The molecule has 1 N–H and O–H groups in total. The summed E-state index contributed by atoms with van der Waals surface area (Å²) in [6.45, 7) is 2.44. The lowest BCUT2D eigenvalue weighted by Gasteiger charge is -2.26. The van der Waals surface area contributed by atoms with Gasteiger partial charge in [0.05, 0.1) is 11.2 Å². The van der Waals surface area contributed by atoms with E-state index in [9.17, 15) is 5.11 Å². The molecule has 3 nitrogen and oxygen atoms in total. The quantitative estimate of drug-likeness (QED) is 0.482. The Kier molecular flexibility index (Phi) is 4.92. The zero-order valence-corrected chi connectivity index (χ0v) is 15.9. The Balaban J connectivity index is 1.55. The highest BCUT2D eigenvalue weighted by atomic mass is 32.1. The predicted molar refractivity (Wildman–Crippen MR) is 110 cm³/mol. The van der Waals surface area contributed by atoms with Crippen molar-refractivity contribution >= 4 is 22.1 Å². The van der Waals surface area contributed by atoms with Gasteiger partial charge in [-0.2, -0.15) is 0 Å². The van der Waals surface area contributed by atoms with Gasteiger partial charge in [-0.25, -0.2) is 4.98 Å². The number of aliphatic hydroxyl groups is 1. The van der Waals surface area contributed by atoms with Gasteiger partial charge in [-0.15, -0.1) is 11.3 Å². The van der Waals surface area contributed by atoms with E-state index in [0.717, 1.165) is 16.9 Å². The first-order valence-corrected chi connectivity index (χ1v) is 9.95. The highest BCUT2D eigenvalue weighted by Gasteiger charge is 2.31. The summed E-state index contributed by atoms with van der Waals surface area (Å²) in [6, 6.07) is 22.3. The van der Waals surface area contributed by atoms with E-state index >= 15 is 0 Å². The van der Waals surface area contributed by atoms with Crippen LogP contribution in [0.1, 0.15) is 30.2 Å². The molecule has 0 bridgehead atoms. The van der Waals surface area contributed by atoms with Gasteiger partial charge in [-0.1, -0.05) is 55.5 Å². The fourth-order valence-electron chi connectivity index (χ4n) is 3.29. The molecule has 4 aromatic rings. The fraction of sp³-hybridized carbons (Fsp3) is 0.174. The maximum Gasteiger partial charge on any atom is 0.132 e. The summed E-state index contributed by atoms with van der Waals surface area (Å²) in [4.78, 5) is 4.32. The van der Waals surface area contributed by atoms with Crippen LogP contribution in [-0.2, 0) is 12.2 Å². The molecule has 0 radical (unpaired) electrons. The van der Waals surface area contributed by atoms with Crippen LogP contribution in [0.3, 0.4) is 0 Å². The number of aromatic nitrogens is 1. The minimum Gasteiger partial charge on any atom is -0.489 e. The van der Waals surface area contributed by atoms with E-state index in [1.54, 1.807) is 5.51 Å². The number of nitrogens with zero attached hydrogens (tertiary/aromatic N) is 1. The number of ether oxygens (including phenoxy) is 1. The van der Waals surface area contributed by atoms with Crippen LogP contribution in [0.2, 0.25) is 0 Å². The Bertz CT molecular complexity index is 1050. The third kappa shape index (κ3) is 3.59. The van der Waals surface area contributed by atoms with E-state index in [2.05, 4.69) is 35.3 Å². The van der Waals surface area contributed by atoms with Crippen LogP contribution in [0, 0.1) is 0 Å². The molecule has 0 aliphatic rings. The highest BCUT2D eigenvalue weighted by Crippen LogP contribution is 2.34. The molecule has 1 unspecified atom stereocenters. The van der Waals surface area contributed by atoms with Crippen LogP contribution in [0.15, 0.2) is 77.6 Å². The molecule has 0 aliphatic carbocycles. The lowest BCUT2D eigenvalue weighted by atomic mass is 9.88. The lowest BCUT2D eigenvalue weighted by molar-refractivity contribution is 0.0722. The van der Waals surface area contributed by atoms with Gasteiger partial charge < -0.3 is 9.84 Å². The fourth-order valence-corrected chi connectivity index (χ4v) is 3.91. The molecule has 0 fully saturated rings. The Morgan fingerprint density at radius 1 is 1.00 bits per heavy atom. The van der Waals surface area contributed by atoms with Crippen molar-refractivity contribution in [1.29, 1.82) is 0 Å². The van der Waals surface area contributed by atoms with Crippen molar-refractivity contribution in [3.05, 3.63) is 94.4 Å². The molecule has 0 saturated heterocycles. The van der Waals surface area contributed by atoms with Gasteiger partial charge in [0.1, 0.15) is 18.0 Å². The zero-order chi connectivity index (χ0) is 18.7. The lowest BCUT2D eigenvalue weighted by Crippen LogP contribution is -2.26. The number of thiazole rings is 1. The van der Waals surface area contributed by atoms with E-state index in [1.165, 1.54) is 22.1 Å². The van der Waals surface area contributed by atoms with Crippen LogP contribution in [-0.4, -0.2) is 10.1 Å². The second-order valence-electron chi connectivity index (χ2n) is 6.59. The van der Waals surface area contributed by atoms with E-state index in [-0.39, 0.29) is 0 Å². The average molecular weight is 375 g/mol. The third-order valence-electron chi connectivity index (χ3n) is 4.90. The van der Waals surface area contributed by atoms with Gasteiger partial charge in [0.15, 0.2) is 0 Å². The van der Waals surface area contributed by atoms with Gasteiger partial charge in [0.2, 0.25) is 0 Å². The molecule has 0 spiro atoms. The topological polar surface area (TPSA) is 42.4 Å². The van der Waals surface area contributed by atoms with Gasteiger partial charge in [-0.05, 0) is 46.5 Å². The third-order valence-corrected chi connectivity index (χ3v) is 5.49. The van der Waals surface area contributed by atoms with Gasteiger partial charge in [-0.3, -0.25) is 0 Å². The van der Waals surface area contributed by atoms with Crippen molar-refractivity contribution < 1.29 is 9.84 Å². The van der Waals surface area contributed by atoms with Crippen molar-refractivity contribution in [3.63, 3.8) is 0 Å². The van der Waals surface area contributed by atoms with Crippen molar-refractivity contribution in [1.82, 2.24) is 4.98 Å². The molecule has 1 heterocycles. The number of rotatable bonds is 6. The van der Waals surface area contributed by atoms with Crippen molar-refractivity contribution in [2.24, 2.45) is 0 Å². The Morgan fingerprint density at radius 3 is 2.63 bits per heavy atom. The van der Waals surface area contributed by atoms with Crippen molar-refractivity contribution in [2.75, 3.05) is 0 Å². The standard InChI is InChI=1S/C23H21NO2S/c1-2-23(25,22-15-27-16-24-22)20-8-5-9-21(13-20)26-14-17-10-11-18-6-3-4-7-19(18)12-17/h3-13,15-16,25H,2,14H2,1H3. The van der Waals surface area contributed by atoms with Crippen LogP contribution >= 0.6 is 11.3 Å². The molecule has 4 rings (SSSR count). The summed E-state index contributed by atoms with van der Waals surface area (Å²) in [5.74, 6) is 0.739. The number of hydrogen-bond donors (Lipinski definition) is 1. The predicted octanol–water partition coefficient (Wildman–Crippen LogP) is 5.52. The Hall–Kier alpha value is -2.69. The first kappa shape index (κ1) is 17.7. The SMILES string of the molecule is CCC(O)(c1cccc(OCc2ccc3ccccc3c2)c1)c1cscn1. The molecule has 4 heteroatoms. The number of hydrogen-bond acceptors (Lipinski definition) is 4. The molecule has 1 atom stereocenters. The Morgan fingerprint density at radius 2 is 1.85 bits per heavy atom. The van der Waals surface area contributed by atoms with Crippen molar-refractivity contribution in [3.8, 4) is 5.75 Å². The first-order chi connectivity index (χ1) is 13.2. The molecule has 0 amide bonds. The maximum atomic E-state index is 11.2. The summed E-state index contributed by atoms with van der Waals surface area (Å²) in [7, 11) is 0. The molecule has 3 aromatic carbocycles. The minimum atomic E-state index is -1.09. The summed E-state index contributed by atoms with van der Waals surface area (Å²) in [5, 5.41) is 15.5. The summed E-state index contributed by atoms with van der Waals surface area (Å²) in [5.41, 5.74) is 3.25.